The van der Waals surface area contributed by atoms with Gasteiger partial charge in [-0.05, 0) is 30.0 Å². The monoisotopic (exact) mass is 238 g/mol. The van der Waals surface area contributed by atoms with Gasteiger partial charge in [0, 0.05) is 19.6 Å². The Bertz CT molecular complexity index is 397. The van der Waals surface area contributed by atoms with Crippen molar-refractivity contribution in [3.8, 4) is 0 Å². The molecule has 1 aliphatic heterocycles. The van der Waals surface area contributed by atoms with E-state index in [1.54, 1.807) is 6.07 Å². The van der Waals surface area contributed by atoms with E-state index >= 15 is 0 Å². The van der Waals surface area contributed by atoms with Crippen LogP contribution < -0.4 is 5.73 Å². The fourth-order valence-electron chi connectivity index (χ4n) is 2.29. The molecule has 1 aromatic carbocycles. The Balaban J connectivity index is 1.99. The van der Waals surface area contributed by atoms with Crippen molar-refractivity contribution in [3.63, 3.8) is 0 Å². The summed E-state index contributed by atoms with van der Waals surface area (Å²) in [7, 11) is 0. The highest BCUT2D eigenvalue weighted by atomic mass is 19.1. The number of hydrogen-bond donors (Lipinski definition) is 2. The second-order valence-electron chi connectivity index (χ2n) is 4.92. The number of piperidine rings is 1. The van der Waals surface area contributed by atoms with E-state index in [4.69, 9.17) is 5.73 Å². The number of hydrogen-bond acceptors (Lipinski definition) is 3. The molecule has 0 radical (unpaired) electrons. The number of benzene rings is 1. The van der Waals surface area contributed by atoms with Crippen LogP contribution in [0.25, 0.3) is 0 Å². The molecule has 0 aromatic heterocycles. The largest absolute Gasteiger partial charge is 0.396 e. The van der Waals surface area contributed by atoms with Gasteiger partial charge in [-0.3, -0.25) is 4.90 Å². The molecular weight excluding hydrogens is 219 g/mol. The van der Waals surface area contributed by atoms with Crippen molar-refractivity contribution in [2.75, 3.05) is 18.8 Å². The van der Waals surface area contributed by atoms with Crippen LogP contribution in [-0.4, -0.2) is 29.2 Å². The van der Waals surface area contributed by atoms with E-state index in [1.807, 2.05) is 13.0 Å². The highest BCUT2D eigenvalue weighted by Crippen LogP contribution is 2.20. The van der Waals surface area contributed by atoms with Crippen LogP contribution in [0.4, 0.5) is 10.1 Å². The van der Waals surface area contributed by atoms with Gasteiger partial charge in [-0.2, -0.15) is 0 Å². The van der Waals surface area contributed by atoms with Gasteiger partial charge in [-0.1, -0.05) is 13.0 Å². The van der Waals surface area contributed by atoms with Crippen molar-refractivity contribution in [2.24, 2.45) is 5.92 Å². The van der Waals surface area contributed by atoms with Crippen LogP contribution in [0.1, 0.15) is 18.9 Å². The minimum Gasteiger partial charge on any atom is -0.396 e. The van der Waals surface area contributed by atoms with Crippen LogP contribution in [0.2, 0.25) is 0 Å². The maximum absolute atomic E-state index is 13.3. The summed E-state index contributed by atoms with van der Waals surface area (Å²) in [5.74, 6) is -0.0741. The Morgan fingerprint density at radius 1 is 1.53 bits per heavy atom. The summed E-state index contributed by atoms with van der Waals surface area (Å²) in [5.41, 5.74) is 6.56. The molecule has 3 N–H and O–H groups in total. The molecule has 94 valence electrons. The van der Waals surface area contributed by atoms with E-state index in [9.17, 15) is 9.50 Å². The summed E-state index contributed by atoms with van der Waals surface area (Å²) in [6.45, 7) is 4.47. The predicted molar refractivity (Wildman–Crippen MR) is 65.9 cm³/mol. The fraction of sp³-hybridized carbons (Fsp3) is 0.538. The normalized spacial score (nSPS) is 26.1. The summed E-state index contributed by atoms with van der Waals surface area (Å²) in [4.78, 5) is 2.24. The van der Waals surface area contributed by atoms with Gasteiger partial charge in [0.05, 0.1) is 11.8 Å². The minimum absolute atomic E-state index is 0.191. The molecule has 3 nitrogen and oxygen atoms in total. The average molecular weight is 238 g/mol. The lowest BCUT2D eigenvalue weighted by Crippen LogP contribution is -2.41. The summed E-state index contributed by atoms with van der Waals surface area (Å²) in [6, 6.07) is 4.95. The molecule has 0 amide bonds. The van der Waals surface area contributed by atoms with Crippen molar-refractivity contribution in [1.82, 2.24) is 4.90 Å². The lowest BCUT2D eigenvalue weighted by Gasteiger charge is -2.34. The van der Waals surface area contributed by atoms with Crippen LogP contribution in [0, 0.1) is 11.7 Å². The van der Waals surface area contributed by atoms with Gasteiger partial charge in [-0.15, -0.1) is 0 Å². The lowest BCUT2D eigenvalue weighted by atomic mass is 9.96. The molecule has 0 bridgehead atoms. The molecule has 17 heavy (non-hydrogen) atoms. The molecule has 1 saturated heterocycles. The van der Waals surface area contributed by atoms with Gasteiger partial charge < -0.3 is 10.8 Å². The van der Waals surface area contributed by atoms with Crippen molar-refractivity contribution in [2.45, 2.75) is 26.0 Å². The van der Waals surface area contributed by atoms with Crippen molar-refractivity contribution >= 4 is 5.69 Å². The zero-order valence-corrected chi connectivity index (χ0v) is 10.1. The first-order chi connectivity index (χ1) is 8.06. The molecule has 2 atom stereocenters. The predicted octanol–water partition coefficient (Wildman–Crippen LogP) is 1.61. The summed E-state index contributed by atoms with van der Waals surface area (Å²) in [6.07, 6.45) is 0.591. The van der Waals surface area contributed by atoms with E-state index in [1.165, 1.54) is 6.07 Å². The Labute approximate surface area is 101 Å². The summed E-state index contributed by atoms with van der Waals surface area (Å²) in [5, 5.41) is 9.64. The van der Waals surface area contributed by atoms with Gasteiger partial charge in [0.1, 0.15) is 5.82 Å². The third kappa shape index (κ3) is 2.96. The number of aliphatic hydroxyl groups excluding tert-OH is 1. The Kier molecular flexibility index (Phi) is 3.64. The van der Waals surface area contributed by atoms with Gasteiger partial charge in [0.2, 0.25) is 0 Å². The molecule has 2 unspecified atom stereocenters. The van der Waals surface area contributed by atoms with Crippen LogP contribution >= 0.6 is 0 Å². The average Bonchev–Trinajstić information content (AvgIpc) is 2.29. The van der Waals surface area contributed by atoms with Crippen LogP contribution in [0.15, 0.2) is 18.2 Å². The second-order valence-corrected chi connectivity index (χ2v) is 4.92. The molecular formula is C13H19FN2O. The number of nitrogens with two attached hydrogens (primary N) is 1. The first-order valence-corrected chi connectivity index (χ1v) is 6.00. The number of anilines is 1. The van der Waals surface area contributed by atoms with E-state index < -0.39 is 0 Å². The summed E-state index contributed by atoms with van der Waals surface area (Å²) < 4.78 is 13.3. The van der Waals surface area contributed by atoms with E-state index in [0.29, 0.717) is 6.54 Å². The molecule has 1 fully saturated rings. The Morgan fingerprint density at radius 2 is 2.29 bits per heavy atom. The molecule has 2 rings (SSSR count). The lowest BCUT2D eigenvalue weighted by molar-refractivity contribution is 0.0320. The van der Waals surface area contributed by atoms with E-state index in [-0.39, 0.29) is 23.5 Å². The van der Waals surface area contributed by atoms with Crippen LogP contribution in [-0.2, 0) is 6.54 Å². The topological polar surface area (TPSA) is 49.5 Å². The molecule has 0 aliphatic carbocycles. The molecule has 1 heterocycles. The third-order valence-electron chi connectivity index (χ3n) is 3.42. The minimum atomic E-state index is -0.354. The Hall–Kier alpha value is -1.13. The molecule has 1 aromatic rings. The number of rotatable bonds is 2. The quantitative estimate of drug-likeness (QED) is 0.770. The number of halogens is 1. The highest BCUT2D eigenvalue weighted by molar-refractivity contribution is 5.41. The maximum Gasteiger partial charge on any atom is 0.146 e. The standard InChI is InChI=1S/C13H19FN2O/c1-9-7-16(5-4-13(9)17)8-10-2-3-12(15)11(14)6-10/h2-3,6,9,13,17H,4-5,7-8,15H2,1H3. The van der Waals surface area contributed by atoms with Gasteiger partial charge >= 0.3 is 0 Å². The van der Waals surface area contributed by atoms with Crippen molar-refractivity contribution in [1.29, 1.82) is 0 Å². The summed E-state index contributed by atoms with van der Waals surface area (Å²) >= 11 is 0. The maximum atomic E-state index is 13.3. The van der Waals surface area contributed by atoms with Crippen LogP contribution in [0.3, 0.4) is 0 Å². The first kappa shape index (κ1) is 12.3. The van der Waals surface area contributed by atoms with Gasteiger partial charge in [0.25, 0.3) is 0 Å². The number of likely N-dealkylation sites (tertiary alicyclic amines) is 1. The molecule has 4 heteroatoms. The molecule has 1 aliphatic rings. The molecule has 0 spiro atoms. The third-order valence-corrected chi connectivity index (χ3v) is 3.42. The fourth-order valence-corrected chi connectivity index (χ4v) is 2.29. The second kappa shape index (κ2) is 5.02. The van der Waals surface area contributed by atoms with Crippen molar-refractivity contribution in [3.05, 3.63) is 29.6 Å². The number of nitrogens with zero attached hydrogens (tertiary/aromatic N) is 1. The first-order valence-electron chi connectivity index (χ1n) is 6.00. The van der Waals surface area contributed by atoms with Gasteiger partial charge in [0.15, 0.2) is 0 Å². The number of nitrogen functional groups attached to an aromatic ring is 1. The Morgan fingerprint density at radius 3 is 2.94 bits per heavy atom. The van der Waals surface area contributed by atoms with Gasteiger partial charge in [-0.25, -0.2) is 4.39 Å². The SMILES string of the molecule is CC1CN(Cc2ccc(N)c(F)c2)CCC1O. The zero-order valence-electron chi connectivity index (χ0n) is 10.1. The van der Waals surface area contributed by atoms with E-state index in [0.717, 1.165) is 25.1 Å². The highest BCUT2D eigenvalue weighted by Gasteiger charge is 2.23. The molecule has 0 saturated carbocycles. The smallest absolute Gasteiger partial charge is 0.146 e. The van der Waals surface area contributed by atoms with Crippen LogP contribution in [0.5, 0.6) is 0 Å². The van der Waals surface area contributed by atoms with Crippen molar-refractivity contribution < 1.29 is 9.50 Å². The number of aliphatic hydroxyl groups is 1. The van der Waals surface area contributed by atoms with E-state index in [2.05, 4.69) is 4.90 Å². The zero-order chi connectivity index (χ0) is 12.4.